The maximum atomic E-state index is 12.5. The van der Waals surface area contributed by atoms with Crippen molar-refractivity contribution in [2.75, 3.05) is 0 Å². The summed E-state index contributed by atoms with van der Waals surface area (Å²) in [5.41, 5.74) is 4.38. The third kappa shape index (κ3) is 3.12. The van der Waals surface area contributed by atoms with Crippen molar-refractivity contribution in [1.29, 1.82) is 0 Å². The zero-order valence-electron chi connectivity index (χ0n) is 13.4. The Balaban J connectivity index is 1.51. The number of aromatic nitrogens is 3. The van der Waals surface area contributed by atoms with Crippen molar-refractivity contribution in [1.82, 2.24) is 20.3 Å². The smallest absolute Gasteiger partial charge is 0.253 e. The van der Waals surface area contributed by atoms with E-state index in [4.69, 9.17) is 0 Å². The van der Waals surface area contributed by atoms with Gasteiger partial charge in [-0.25, -0.2) is 0 Å². The topological polar surface area (TPSA) is 70.7 Å². The van der Waals surface area contributed by atoms with Crippen LogP contribution in [0.25, 0.3) is 22.2 Å². The van der Waals surface area contributed by atoms with Crippen LogP contribution in [-0.2, 0) is 6.54 Å². The number of pyridine rings is 2. The highest BCUT2D eigenvalue weighted by molar-refractivity contribution is 6.06. The number of H-pyrrole nitrogens is 1. The van der Waals surface area contributed by atoms with Crippen LogP contribution in [0.3, 0.4) is 0 Å². The fourth-order valence-electron chi connectivity index (χ4n) is 2.79. The molecule has 4 rings (SSSR count). The zero-order chi connectivity index (χ0) is 17.1. The first-order valence-corrected chi connectivity index (χ1v) is 8.01. The quantitative estimate of drug-likeness (QED) is 0.602. The van der Waals surface area contributed by atoms with E-state index in [1.807, 2.05) is 48.5 Å². The molecule has 2 N–H and O–H groups in total. The molecule has 0 unspecified atom stereocenters. The molecule has 0 spiro atoms. The molecular formula is C20H16N4O. The number of amides is 1. The number of carbonyl (C=O) groups excluding carboxylic acids is 1. The molecule has 0 saturated carbocycles. The van der Waals surface area contributed by atoms with E-state index in [0.29, 0.717) is 12.1 Å². The molecule has 1 amide bonds. The SMILES string of the molecule is O=C(NCc1ccnc(-c2cccnc2)c1)c1c[nH]c2ccccc12. The first-order chi connectivity index (χ1) is 12.3. The molecule has 122 valence electrons. The minimum atomic E-state index is -0.0998. The second kappa shape index (κ2) is 6.57. The summed E-state index contributed by atoms with van der Waals surface area (Å²) >= 11 is 0. The van der Waals surface area contributed by atoms with Crippen LogP contribution in [-0.4, -0.2) is 20.9 Å². The Kier molecular flexibility index (Phi) is 3.96. The number of aromatic amines is 1. The Morgan fingerprint density at radius 1 is 1.08 bits per heavy atom. The largest absolute Gasteiger partial charge is 0.360 e. The highest BCUT2D eigenvalue weighted by Crippen LogP contribution is 2.18. The predicted octanol–water partition coefficient (Wildman–Crippen LogP) is 3.55. The summed E-state index contributed by atoms with van der Waals surface area (Å²) in [6, 6.07) is 15.5. The van der Waals surface area contributed by atoms with E-state index in [2.05, 4.69) is 20.3 Å². The molecule has 0 saturated heterocycles. The molecule has 5 nitrogen and oxygen atoms in total. The maximum absolute atomic E-state index is 12.5. The van der Waals surface area contributed by atoms with Gasteiger partial charge >= 0.3 is 0 Å². The van der Waals surface area contributed by atoms with Crippen LogP contribution < -0.4 is 5.32 Å². The lowest BCUT2D eigenvalue weighted by Gasteiger charge is -2.06. The molecular weight excluding hydrogens is 312 g/mol. The molecule has 0 radical (unpaired) electrons. The number of benzene rings is 1. The number of hydrogen-bond acceptors (Lipinski definition) is 3. The molecule has 3 aromatic heterocycles. The summed E-state index contributed by atoms with van der Waals surface area (Å²) in [4.78, 5) is 24.1. The van der Waals surface area contributed by atoms with E-state index in [1.54, 1.807) is 24.8 Å². The van der Waals surface area contributed by atoms with Gasteiger partial charge in [0.25, 0.3) is 5.91 Å². The lowest BCUT2D eigenvalue weighted by atomic mass is 10.1. The Bertz CT molecular complexity index is 1020. The van der Waals surface area contributed by atoms with Crippen LogP contribution in [0.2, 0.25) is 0 Å². The molecule has 25 heavy (non-hydrogen) atoms. The van der Waals surface area contributed by atoms with E-state index in [9.17, 15) is 4.79 Å². The molecule has 0 atom stereocenters. The van der Waals surface area contributed by atoms with Gasteiger partial charge in [-0.2, -0.15) is 0 Å². The van der Waals surface area contributed by atoms with Crippen LogP contribution in [0.4, 0.5) is 0 Å². The van der Waals surface area contributed by atoms with Gasteiger partial charge in [0.1, 0.15) is 0 Å². The molecule has 1 aromatic carbocycles. The predicted molar refractivity (Wildman–Crippen MR) is 96.9 cm³/mol. The van der Waals surface area contributed by atoms with Gasteiger partial charge in [0.05, 0.1) is 11.3 Å². The number of rotatable bonds is 4. The highest BCUT2D eigenvalue weighted by atomic mass is 16.1. The maximum Gasteiger partial charge on any atom is 0.253 e. The summed E-state index contributed by atoms with van der Waals surface area (Å²) in [5.74, 6) is -0.0998. The fourth-order valence-corrected chi connectivity index (χ4v) is 2.79. The summed E-state index contributed by atoms with van der Waals surface area (Å²) < 4.78 is 0. The summed E-state index contributed by atoms with van der Waals surface area (Å²) in [7, 11) is 0. The monoisotopic (exact) mass is 328 g/mol. The van der Waals surface area contributed by atoms with E-state index in [1.165, 1.54) is 0 Å². The van der Waals surface area contributed by atoms with Crippen LogP contribution in [0.5, 0.6) is 0 Å². The van der Waals surface area contributed by atoms with Gasteiger partial charge in [0.2, 0.25) is 0 Å². The number of nitrogens with one attached hydrogen (secondary N) is 2. The number of para-hydroxylation sites is 1. The number of carbonyl (C=O) groups is 1. The third-order valence-electron chi connectivity index (χ3n) is 4.07. The normalized spacial score (nSPS) is 10.7. The minimum absolute atomic E-state index is 0.0998. The number of fused-ring (bicyclic) bond motifs is 1. The fraction of sp³-hybridized carbons (Fsp3) is 0.0500. The van der Waals surface area contributed by atoms with E-state index < -0.39 is 0 Å². The average Bonchev–Trinajstić information content (AvgIpc) is 3.11. The lowest BCUT2D eigenvalue weighted by molar-refractivity contribution is 0.0952. The van der Waals surface area contributed by atoms with Gasteiger partial charge in [-0.1, -0.05) is 18.2 Å². The van der Waals surface area contributed by atoms with Crippen molar-refractivity contribution in [3.8, 4) is 11.3 Å². The Morgan fingerprint density at radius 2 is 2.00 bits per heavy atom. The van der Waals surface area contributed by atoms with Gasteiger partial charge in [-0.05, 0) is 35.9 Å². The summed E-state index contributed by atoms with van der Waals surface area (Å²) in [6.45, 7) is 0.439. The second-order valence-corrected chi connectivity index (χ2v) is 5.72. The highest BCUT2D eigenvalue weighted by Gasteiger charge is 2.11. The first kappa shape index (κ1) is 15.1. The Morgan fingerprint density at radius 3 is 2.88 bits per heavy atom. The molecule has 0 fully saturated rings. The van der Waals surface area contributed by atoms with Gasteiger partial charge in [-0.3, -0.25) is 14.8 Å². The van der Waals surface area contributed by atoms with Crippen molar-refractivity contribution >= 4 is 16.8 Å². The molecule has 3 heterocycles. The van der Waals surface area contributed by atoms with Gasteiger partial charge in [-0.15, -0.1) is 0 Å². The summed E-state index contributed by atoms with van der Waals surface area (Å²) in [5, 5.41) is 3.89. The van der Waals surface area contributed by atoms with Crippen LogP contribution in [0, 0.1) is 0 Å². The van der Waals surface area contributed by atoms with E-state index in [0.717, 1.165) is 27.7 Å². The zero-order valence-corrected chi connectivity index (χ0v) is 13.4. The summed E-state index contributed by atoms with van der Waals surface area (Å²) in [6.07, 6.45) is 6.99. The average molecular weight is 328 g/mol. The molecule has 0 aliphatic rings. The Labute approximate surface area is 144 Å². The second-order valence-electron chi connectivity index (χ2n) is 5.72. The first-order valence-electron chi connectivity index (χ1n) is 8.01. The van der Waals surface area contributed by atoms with Crippen molar-refractivity contribution in [3.63, 3.8) is 0 Å². The van der Waals surface area contributed by atoms with Crippen molar-refractivity contribution < 1.29 is 4.79 Å². The van der Waals surface area contributed by atoms with Gasteiger partial charge < -0.3 is 10.3 Å². The van der Waals surface area contributed by atoms with Crippen molar-refractivity contribution in [3.05, 3.63) is 84.4 Å². The van der Waals surface area contributed by atoms with E-state index in [-0.39, 0.29) is 5.91 Å². The van der Waals surface area contributed by atoms with Gasteiger partial charge in [0, 0.05) is 47.8 Å². The molecule has 0 aliphatic carbocycles. The van der Waals surface area contributed by atoms with Crippen molar-refractivity contribution in [2.24, 2.45) is 0 Å². The molecule has 5 heteroatoms. The van der Waals surface area contributed by atoms with Gasteiger partial charge in [0.15, 0.2) is 0 Å². The lowest BCUT2D eigenvalue weighted by Crippen LogP contribution is -2.22. The van der Waals surface area contributed by atoms with Crippen LogP contribution in [0.15, 0.2) is 73.3 Å². The van der Waals surface area contributed by atoms with Crippen LogP contribution in [0.1, 0.15) is 15.9 Å². The minimum Gasteiger partial charge on any atom is -0.360 e. The standard InChI is InChI=1S/C20H16N4O/c25-20(17-13-23-18-6-2-1-5-16(17)18)24-11-14-7-9-22-19(10-14)15-4-3-8-21-12-15/h1-10,12-13,23H,11H2,(H,24,25). The number of hydrogen-bond donors (Lipinski definition) is 2. The van der Waals surface area contributed by atoms with E-state index >= 15 is 0 Å². The molecule has 4 aromatic rings. The molecule has 0 aliphatic heterocycles. The Hall–Kier alpha value is -3.47. The third-order valence-corrected chi connectivity index (χ3v) is 4.07. The van der Waals surface area contributed by atoms with Crippen LogP contribution >= 0.6 is 0 Å². The number of nitrogens with zero attached hydrogens (tertiary/aromatic N) is 2. The van der Waals surface area contributed by atoms with Crippen molar-refractivity contribution in [2.45, 2.75) is 6.54 Å². The molecule has 0 bridgehead atoms.